The van der Waals surface area contributed by atoms with Crippen LogP contribution in [0.2, 0.25) is 0 Å². The molecule has 1 aromatic rings. The second-order valence-electron chi connectivity index (χ2n) is 3.23. The van der Waals surface area contributed by atoms with Crippen molar-refractivity contribution in [2.45, 2.75) is 13.8 Å². The second-order valence-corrected chi connectivity index (χ2v) is 3.23. The molecule has 4 nitrogen and oxygen atoms in total. The molecule has 1 rings (SSSR count). The number of hydrogen-bond acceptors (Lipinski definition) is 3. The van der Waals surface area contributed by atoms with Crippen LogP contribution in [0.3, 0.4) is 0 Å². The Morgan fingerprint density at radius 3 is 2.25 bits per heavy atom. The predicted molar refractivity (Wildman–Crippen MR) is 60.8 cm³/mol. The van der Waals surface area contributed by atoms with Gasteiger partial charge in [0, 0.05) is 18.7 Å². The Labute approximate surface area is 94.8 Å². The van der Waals surface area contributed by atoms with E-state index < -0.39 is 0 Å². The fraction of sp³-hybridized carbons (Fsp3) is 0.333. The smallest absolute Gasteiger partial charge is 0.410 e. The summed E-state index contributed by atoms with van der Waals surface area (Å²) in [5.74, 6) is 0.447. The Bertz CT molecular complexity index is 355. The molecule has 0 aromatic heterocycles. The molecule has 0 heterocycles. The van der Waals surface area contributed by atoms with Crippen molar-refractivity contribution >= 4 is 12.4 Å². The van der Waals surface area contributed by atoms with Crippen molar-refractivity contribution in [1.29, 1.82) is 0 Å². The van der Waals surface area contributed by atoms with Crippen molar-refractivity contribution in [3.8, 4) is 5.75 Å². The highest BCUT2D eigenvalue weighted by Crippen LogP contribution is 2.12. The van der Waals surface area contributed by atoms with Crippen LogP contribution >= 0.6 is 0 Å². The lowest BCUT2D eigenvalue weighted by Crippen LogP contribution is -2.33. The van der Waals surface area contributed by atoms with Crippen LogP contribution in [-0.2, 0) is 0 Å². The Balaban J connectivity index is 2.65. The molecule has 0 bridgehead atoms. The van der Waals surface area contributed by atoms with Gasteiger partial charge in [0.05, 0.1) is 0 Å². The minimum Gasteiger partial charge on any atom is -0.410 e. The van der Waals surface area contributed by atoms with E-state index in [1.54, 1.807) is 29.2 Å². The molecule has 16 heavy (non-hydrogen) atoms. The summed E-state index contributed by atoms with van der Waals surface area (Å²) in [4.78, 5) is 23.6. The molecule has 0 atom stereocenters. The van der Waals surface area contributed by atoms with Crippen molar-refractivity contribution in [3.05, 3.63) is 29.8 Å². The molecule has 0 fully saturated rings. The van der Waals surface area contributed by atoms with Gasteiger partial charge in [-0.25, -0.2) is 4.79 Å². The maximum Gasteiger partial charge on any atom is 0.415 e. The van der Waals surface area contributed by atoms with Gasteiger partial charge in [-0.05, 0) is 38.1 Å². The average Bonchev–Trinajstić information content (AvgIpc) is 2.31. The van der Waals surface area contributed by atoms with Crippen LogP contribution in [0.15, 0.2) is 24.3 Å². The summed E-state index contributed by atoms with van der Waals surface area (Å²) < 4.78 is 5.13. The van der Waals surface area contributed by atoms with Crippen molar-refractivity contribution in [1.82, 2.24) is 4.90 Å². The van der Waals surface area contributed by atoms with Crippen molar-refractivity contribution in [3.63, 3.8) is 0 Å². The minimum atomic E-state index is -0.371. The van der Waals surface area contributed by atoms with Crippen LogP contribution in [0.4, 0.5) is 4.79 Å². The number of aldehydes is 1. The third-order valence-electron chi connectivity index (χ3n) is 2.24. The molecule has 0 aliphatic carbocycles. The van der Waals surface area contributed by atoms with Crippen LogP contribution in [-0.4, -0.2) is 30.4 Å². The lowest BCUT2D eigenvalue weighted by molar-refractivity contribution is 0.112. The predicted octanol–water partition coefficient (Wildman–Crippen LogP) is 2.34. The molecular weight excluding hydrogens is 206 g/mol. The van der Waals surface area contributed by atoms with Gasteiger partial charge in [0.1, 0.15) is 12.0 Å². The first-order chi connectivity index (χ1) is 7.71. The van der Waals surface area contributed by atoms with Gasteiger partial charge in [0.15, 0.2) is 0 Å². The zero-order valence-corrected chi connectivity index (χ0v) is 9.47. The summed E-state index contributed by atoms with van der Waals surface area (Å²) in [6.45, 7) is 5.00. The summed E-state index contributed by atoms with van der Waals surface area (Å²) in [6.07, 6.45) is 0.375. The molecular formula is C12H15NO3. The van der Waals surface area contributed by atoms with Crippen molar-refractivity contribution in [2.24, 2.45) is 0 Å². The Kier molecular flexibility index (Phi) is 4.51. The molecule has 0 unspecified atom stereocenters. The number of benzene rings is 1. The SMILES string of the molecule is CCN(CC)C(=O)Oc1ccc(C=O)cc1. The number of carbonyl (C=O) groups excluding carboxylic acids is 2. The summed E-state index contributed by atoms with van der Waals surface area (Å²) in [7, 11) is 0. The normalized spacial score (nSPS) is 9.62. The van der Waals surface area contributed by atoms with Crippen molar-refractivity contribution < 1.29 is 14.3 Å². The number of carbonyl (C=O) groups is 2. The Morgan fingerprint density at radius 2 is 1.81 bits per heavy atom. The molecule has 0 N–H and O–H groups in total. The molecule has 0 aliphatic rings. The molecule has 1 amide bonds. The lowest BCUT2D eigenvalue weighted by Gasteiger charge is -2.17. The molecule has 86 valence electrons. The van der Waals surface area contributed by atoms with Gasteiger partial charge in [-0.15, -0.1) is 0 Å². The zero-order chi connectivity index (χ0) is 12.0. The van der Waals surface area contributed by atoms with Gasteiger partial charge in [-0.1, -0.05) is 0 Å². The van der Waals surface area contributed by atoms with Gasteiger partial charge in [-0.2, -0.15) is 0 Å². The van der Waals surface area contributed by atoms with E-state index in [0.29, 0.717) is 24.4 Å². The summed E-state index contributed by atoms with van der Waals surface area (Å²) in [5.41, 5.74) is 0.558. The molecule has 0 radical (unpaired) electrons. The fourth-order valence-electron chi connectivity index (χ4n) is 1.26. The summed E-state index contributed by atoms with van der Waals surface area (Å²) in [5, 5.41) is 0. The lowest BCUT2D eigenvalue weighted by atomic mass is 10.2. The van der Waals surface area contributed by atoms with Gasteiger partial charge in [0.2, 0.25) is 0 Å². The molecule has 4 heteroatoms. The monoisotopic (exact) mass is 221 g/mol. The molecule has 0 aliphatic heterocycles. The van der Waals surface area contributed by atoms with Crippen LogP contribution in [0.5, 0.6) is 5.75 Å². The van der Waals surface area contributed by atoms with Crippen molar-refractivity contribution in [2.75, 3.05) is 13.1 Å². The highest BCUT2D eigenvalue weighted by molar-refractivity contribution is 5.75. The largest absolute Gasteiger partial charge is 0.415 e. The molecule has 0 saturated heterocycles. The van der Waals surface area contributed by atoms with E-state index in [1.807, 2.05) is 13.8 Å². The maximum absolute atomic E-state index is 11.6. The maximum atomic E-state index is 11.6. The topological polar surface area (TPSA) is 46.6 Å². The first-order valence-electron chi connectivity index (χ1n) is 5.23. The van der Waals surface area contributed by atoms with E-state index in [-0.39, 0.29) is 6.09 Å². The van der Waals surface area contributed by atoms with E-state index in [4.69, 9.17) is 4.74 Å². The van der Waals surface area contributed by atoms with Crippen LogP contribution < -0.4 is 4.74 Å². The quantitative estimate of drug-likeness (QED) is 0.733. The van der Waals surface area contributed by atoms with Crippen LogP contribution in [0.1, 0.15) is 24.2 Å². The zero-order valence-electron chi connectivity index (χ0n) is 9.47. The first kappa shape index (κ1) is 12.2. The number of nitrogens with zero attached hydrogens (tertiary/aromatic N) is 1. The van der Waals surface area contributed by atoms with E-state index in [0.717, 1.165) is 6.29 Å². The fourth-order valence-corrected chi connectivity index (χ4v) is 1.26. The standard InChI is InChI=1S/C12H15NO3/c1-3-13(4-2)12(15)16-11-7-5-10(9-14)6-8-11/h5-9H,3-4H2,1-2H3. The molecule has 0 saturated carbocycles. The summed E-state index contributed by atoms with van der Waals surface area (Å²) >= 11 is 0. The van der Waals surface area contributed by atoms with Gasteiger partial charge >= 0.3 is 6.09 Å². The van der Waals surface area contributed by atoms with E-state index >= 15 is 0 Å². The Morgan fingerprint density at radius 1 is 1.25 bits per heavy atom. The summed E-state index contributed by atoms with van der Waals surface area (Å²) in [6, 6.07) is 6.42. The van der Waals surface area contributed by atoms with Crippen LogP contribution in [0, 0.1) is 0 Å². The van der Waals surface area contributed by atoms with E-state index in [2.05, 4.69) is 0 Å². The van der Waals surface area contributed by atoms with Crippen LogP contribution in [0.25, 0.3) is 0 Å². The van der Waals surface area contributed by atoms with Gasteiger partial charge in [0.25, 0.3) is 0 Å². The third kappa shape index (κ3) is 3.08. The number of rotatable bonds is 4. The average molecular weight is 221 g/mol. The molecule has 1 aromatic carbocycles. The first-order valence-corrected chi connectivity index (χ1v) is 5.23. The minimum absolute atomic E-state index is 0.371. The number of hydrogen-bond donors (Lipinski definition) is 0. The van der Waals surface area contributed by atoms with E-state index in [9.17, 15) is 9.59 Å². The second kappa shape index (κ2) is 5.90. The highest BCUT2D eigenvalue weighted by Gasteiger charge is 2.11. The van der Waals surface area contributed by atoms with Gasteiger partial charge in [-0.3, -0.25) is 4.79 Å². The third-order valence-corrected chi connectivity index (χ3v) is 2.24. The number of amides is 1. The highest BCUT2D eigenvalue weighted by atomic mass is 16.6. The van der Waals surface area contributed by atoms with E-state index in [1.165, 1.54) is 0 Å². The Hall–Kier alpha value is -1.84. The molecule has 0 spiro atoms. The number of ether oxygens (including phenoxy) is 1. The van der Waals surface area contributed by atoms with Gasteiger partial charge < -0.3 is 9.64 Å².